The predicted octanol–water partition coefficient (Wildman–Crippen LogP) is 2.22. The molecule has 19 heavy (non-hydrogen) atoms. The summed E-state index contributed by atoms with van der Waals surface area (Å²) in [6.07, 6.45) is 0. The summed E-state index contributed by atoms with van der Waals surface area (Å²) in [6, 6.07) is 9.05. The van der Waals surface area contributed by atoms with Gasteiger partial charge in [-0.05, 0) is 18.1 Å². The molecule has 0 fully saturated rings. The van der Waals surface area contributed by atoms with Crippen LogP contribution in [0.25, 0.3) is 10.2 Å². The minimum Gasteiger partial charge on any atom is -0.480 e. The van der Waals surface area contributed by atoms with E-state index >= 15 is 0 Å². The molecule has 2 aromatic rings. The van der Waals surface area contributed by atoms with Gasteiger partial charge in [-0.2, -0.15) is 5.26 Å². The highest BCUT2D eigenvalue weighted by molar-refractivity contribution is 7.19. The van der Waals surface area contributed by atoms with Crippen LogP contribution in [-0.4, -0.2) is 22.1 Å². The van der Waals surface area contributed by atoms with Gasteiger partial charge < -0.3 is 10.8 Å². The molecule has 2 rings (SSSR count). The van der Waals surface area contributed by atoms with Crippen molar-refractivity contribution in [3.8, 4) is 6.07 Å². The van der Waals surface area contributed by atoms with Gasteiger partial charge in [0.15, 0.2) is 5.01 Å². The molecule has 0 saturated heterocycles. The number of fused-ring (bicyclic) bond motifs is 1. The number of nitrogens with two attached hydrogens (primary N) is 1. The number of carboxylic acid groups (broad SMARTS) is 1. The topological polar surface area (TPSA) is 100 Å². The zero-order chi connectivity index (χ0) is 14.4. The third kappa shape index (κ3) is 4.32. The summed E-state index contributed by atoms with van der Waals surface area (Å²) in [5.74, 6) is -0.910. The second kappa shape index (κ2) is 6.83. The zero-order valence-corrected chi connectivity index (χ0v) is 11.5. The van der Waals surface area contributed by atoms with E-state index < -0.39 is 12.0 Å². The van der Waals surface area contributed by atoms with Crippen LogP contribution in [0.15, 0.2) is 24.3 Å². The highest BCUT2D eigenvalue weighted by Crippen LogP contribution is 2.20. The van der Waals surface area contributed by atoms with E-state index in [0.717, 1.165) is 10.2 Å². The molecule has 0 amide bonds. The van der Waals surface area contributed by atoms with Crippen molar-refractivity contribution in [2.24, 2.45) is 11.7 Å². The lowest BCUT2D eigenvalue weighted by Gasteiger charge is -2.07. The summed E-state index contributed by atoms with van der Waals surface area (Å²) in [5, 5.41) is 17.3. The summed E-state index contributed by atoms with van der Waals surface area (Å²) in [7, 11) is 0. The van der Waals surface area contributed by atoms with E-state index in [0.29, 0.717) is 5.01 Å². The molecule has 0 radical (unpaired) electrons. The van der Waals surface area contributed by atoms with Crippen molar-refractivity contribution in [2.75, 3.05) is 0 Å². The first-order chi connectivity index (χ1) is 8.95. The third-order valence-electron chi connectivity index (χ3n) is 2.39. The van der Waals surface area contributed by atoms with E-state index in [1.54, 1.807) is 13.8 Å². The number of carbonyl (C=O) groups is 1. The molecule has 0 unspecified atom stereocenters. The molecule has 6 heteroatoms. The van der Waals surface area contributed by atoms with Crippen molar-refractivity contribution < 1.29 is 9.90 Å². The van der Waals surface area contributed by atoms with Gasteiger partial charge in [0.05, 0.1) is 10.2 Å². The number of nitrogens with zero attached hydrogens (tertiary/aromatic N) is 2. The highest BCUT2D eigenvalue weighted by Gasteiger charge is 2.14. The van der Waals surface area contributed by atoms with Crippen LogP contribution in [0.5, 0.6) is 0 Å². The molecule has 0 saturated carbocycles. The molecule has 0 spiro atoms. The molecule has 5 nitrogen and oxygen atoms in total. The van der Waals surface area contributed by atoms with Crippen LogP contribution in [0.4, 0.5) is 0 Å². The number of carboxylic acids is 1. The summed E-state index contributed by atoms with van der Waals surface area (Å²) >= 11 is 1.43. The molecular weight excluding hydrogens is 262 g/mol. The molecule has 0 aliphatic heterocycles. The standard InChI is InChI=1S/C8H4N2S.C5H11NO2/c9-5-8-10-6-3-1-2-4-7(6)11-8;1-3(2)4(6)5(7)8/h1-4H;3-4H,6H2,1-2H3,(H,7,8)/t;4-/m.0/s1. The maximum absolute atomic E-state index is 10.0. The van der Waals surface area contributed by atoms with Crippen molar-refractivity contribution in [3.05, 3.63) is 29.3 Å². The lowest BCUT2D eigenvalue weighted by atomic mass is 10.1. The van der Waals surface area contributed by atoms with Crippen molar-refractivity contribution in [2.45, 2.75) is 19.9 Å². The van der Waals surface area contributed by atoms with Crippen molar-refractivity contribution in [1.29, 1.82) is 5.26 Å². The number of aromatic nitrogens is 1. The Morgan fingerprint density at radius 2 is 2.11 bits per heavy atom. The van der Waals surface area contributed by atoms with E-state index in [1.165, 1.54) is 11.3 Å². The Labute approximate surface area is 115 Å². The first-order valence-corrected chi connectivity index (χ1v) is 6.51. The molecule has 1 aromatic carbocycles. The van der Waals surface area contributed by atoms with Crippen molar-refractivity contribution in [3.63, 3.8) is 0 Å². The average molecular weight is 277 g/mol. The molecule has 0 bridgehead atoms. The average Bonchev–Trinajstić information content (AvgIpc) is 2.81. The Balaban J connectivity index is 0.000000203. The van der Waals surface area contributed by atoms with Crippen LogP contribution in [0.1, 0.15) is 18.9 Å². The lowest BCUT2D eigenvalue weighted by Crippen LogP contribution is -2.34. The van der Waals surface area contributed by atoms with Gasteiger partial charge in [-0.1, -0.05) is 26.0 Å². The molecule has 3 N–H and O–H groups in total. The normalized spacial score (nSPS) is 11.5. The maximum Gasteiger partial charge on any atom is 0.320 e. The second-order valence-corrected chi connectivity index (χ2v) is 5.24. The number of hydrogen-bond acceptors (Lipinski definition) is 5. The van der Waals surface area contributed by atoms with Crippen LogP contribution >= 0.6 is 11.3 Å². The molecule has 1 heterocycles. The summed E-state index contributed by atoms with van der Waals surface area (Å²) in [5.41, 5.74) is 6.07. The highest BCUT2D eigenvalue weighted by atomic mass is 32.1. The zero-order valence-electron chi connectivity index (χ0n) is 10.7. The smallest absolute Gasteiger partial charge is 0.320 e. The van der Waals surface area contributed by atoms with Gasteiger partial charge in [-0.3, -0.25) is 4.79 Å². The number of benzene rings is 1. The SMILES string of the molecule is CC(C)[C@H](N)C(=O)O.N#Cc1nc2ccccc2s1. The number of para-hydroxylation sites is 1. The number of aliphatic carboxylic acids is 1. The first kappa shape index (κ1) is 15.1. The van der Waals surface area contributed by atoms with Gasteiger partial charge >= 0.3 is 5.97 Å². The predicted molar refractivity (Wildman–Crippen MR) is 74.8 cm³/mol. The quantitative estimate of drug-likeness (QED) is 0.876. The molecular formula is C13H15N3O2S. The van der Waals surface area contributed by atoms with E-state index in [1.807, 2.05) is 30.3 Å². The maximum atomic E-state index is 10.0. The number of thiazole rings is 1. The van der Waals surface area contributed by atoms with Crippen LogP contribution in [0.2, 0.25) is 0 Å². The first-order valence-electron chi connectivity index (χ1n) is 5.69. The molecule has 1 aromatic heterocycles. The fraction of sp³-hybridized carbons (Fsp3) is 0.308. The Hall–Kier alpha value is -1.97. The van der Waals surface area contributed by atoms with Gasteiger partial charge in [-0.15, -0.1) is 11.3 Å². The van der Waals surface area contributed by atoms with Gasteiger partial charge in [-0.25, -0.2) is 4.98 Å². The van der Waals surface area contributed by atoms with Crippen LogP contribution in [0.3, 0.4) is 0 Å². The Kier molecular flexibility index (Phi) is 5.42. The summed E-state index contributed by atoms with van der Waals surface area (Å²) in [6.45, 7) is 3.55. The molecule has 1 atom stereocenters. The van der Waals surface area contributed by atoms with Crippen LogP contribution < -0.4 is 5.73 Å². The van der Waals surface area contributed by atoms with E-state index in [-0.39, 0.29) is 5.92 Å². The van der Waals surface area contributed by atoms with Crippen molar-refractivity contribution >= 4 is 27.5 Å². The number of nitriles is 1. The number of hydrogen-bond donors (Lipinski definition) is 2. The molecule has 0 aliphatic carbocycles. The summed E-state index contributed by atoms with van der Waals surface area (Å²) in [4.78, 5) is 14.1. The Bertz CT molecular complexity index is 568. The van der Waals surface area contributed by atoms with Crippen LogP contribution in [0, 0.1) is 17.2 Å². The van der Waals surface area contributed by atoms with E-state index in [4.69, 9.17) is 16.1 Å². The van der Waals surface area contributed by atoms with E-state index in [9.17, 15) is 4.79 Å². The van der Waals surface area contributed by atoms with Gasteiger partial charge in [0.25, 0.3) is 0 Å². The minimum atomic E-state index is -0.931. The fourth-order valence-corrected chi connectivity index (χ4v) is 1.97. The van der Waals surface area contributed by atoms with E-state index in [2.05, 4.69) is 4.98 Å². The van der Waals surface area contributed by atoms with Crippen LogP contribution in [-0.2, 0) is 4.79 Å². The second-order valence-electron chi connectivity index (χ2n) is 4.21. The number of rotatable bonds is 2. The molecule has 0 aliphatic rings. The Morgan fingerprint density at radius 3 is 2.53 bits per heavy atom. The minimum absolute atomic E-state index is 0.0208. The summed E-state index contributed by atoms with van der Waals surface area (Å²) < 4.78 is 1.07. The lowest BCUT2D eigenvalue weighted by molar-refractivity contribution is -0.139. The van der Waals surface area contributed by atoms with Crippen molar-refractivity contribution in [1.82, 2.24) is 4.98 Å². The largest absolute Gasteiger partial charge is 0.480 e. The Morgan fingerprint density at radius 1 is 1.47 bits per heavy atom. The van der Waals surface area contributed by atoms with Gasteiger partial charge in [0.1, 0.15) is 12.1 Å². The fourth-order valence-electron chi connectivity index (χ4n) is 1.21. The molecule has 100 valence electrons. The van der Waals surface area contributed by atoms with Gasteiger partial charge in [0, 0.05) is 0 Å². The van der Waals surface area contributed by atoms with Gasteiger partial charge in [0.2, 0.25) is 0 Å². The monoisotopic (exact) mass is 277 g/mol. The third-order valence-corrected chi connectivity index (χ3v) is 3.33.